The number of primary amides is 2. The Balaban J connectivity index is 2.11. The lowest BCUT2D eigenvalue weighted by Gasteiger charge is -2.20. The maximum Gasteiger partial charge on any atom is 0.354 e. The van der Waals surface area contributed by atoms with Gasteiger partial charge >= 0.3 is 5.97 Å². The summed E-state index contributed by atoms with van der Waals surface area (Å²) in [5, 5.41) is 5.51. The van der Waals surface area contributed by atoms with Gasteiger partial charge in [-0.1, -0.05) is 18.2 Å². The molecule has 0 aromatic heterocycles. The molecule has 2 rings (SSSR count). The van der Waals surface area contributed by atoms with Gasteiger partial charge in [0.2, 0.25) is 11.8 Å². The highest BCUT2D eigenvalue weighted by Crippen LogP contribution is 2.24. The number of ether oxygens (including phenoxy) is 1. The van der Waals surface area contributed by atoms with Crippen molar-refractivity contribution in [3.8, 4) is 0 Å². The van der Waals surface area contributed by atoms with Crippen molar-refractivity contribution >= 4 is 29.2 Å². The number of hydrazone groups is 1. The molecule has 1 aliphatic heterocycles. The standard InChI is InChI=1S/C14H16N4O4/c15-12(19)6-7-22-14(21)10-8-11(13(16)20)18(17-10)9-4-2-1-3-5-9/h1-5,11H,6-8H2,(H2,15,19)(H2,16,20). The SMILES string of the molecule is NC(=O)CCOC(=O)C1=NN(c2ccccc2)C(C(N)=O)C1. The van der Waals surface area contributed by atoms with E-state index in [1.807, 2.05) is 6.07 Å². The van der Waals surface area contributed by atoms with Gasteiger partial charge in [0, 0.05) is 6.42 Å². The van der Waals surface area contributed by atoms with E-state index in [0.29, 0.717) is 5.69 Å². The van der Waals surface area contributed by atoms with Crippen LogP contribution in [0.5, 0.6) is 0 Å². The molecule has 0 radical (unpaired) electrons. The Hall–Kier alpha value is -2.90. The molecule has 1 atom stereocenters. The maximum absolute atomic E-state index is 11.9. The van der Waals surface area contributed by atoms with Crippen molar-refractivity contribution < 1.29 is 19.1 Å². The van der Waals surface area contributed by atoms with E-state index in [0.717, 1.165) is 0 Å². The average Bonchev–Trinajstić information content (AvgIpc) is 2.93. The van der Waals surface area contributed by atoms with Crippen LogP contribution in [0.15, 0.2) is 35.4 Å². The Bertz CT molecular complexity index is 615. The van der Waals surface area contributed by atoms with Crippen molar-refractivity contribution in [3.05, 3.63) is 30.3 Å². The molecule has 1 aromatic rings. The molecule has 0 bridgehead atoms. The molecule has 0 fully saturated rings. The van der Waals surface area contributed by atoms with Gasteiger partial charge < -0.3 is 16.2 Å². The molecular formula is C14H16N4O4. The summed E-state index contributed by atoms with van der Waals surface area (Å²) in [7, 11) is 0. The summed E-state index contributed by atoms with van der Waals surface area (Å²) in [5.41, 5.74) is 11.0. The zero-order valence-corrected chi connectivity index (χ0v) is 11.8. The highest BCUT2D eigenvalue weighted by Gasteiger charge is 2.35. The lowest BCUT2D eigenvalue weighted by Crippen LogP contribution is -2.39. The molecular weight excluding hydrogens is 288 g/mol. The highest BCUT2D eigenvalue weighted by atomic mass is 16.5. The summed E-state index contributed by atoms with van der Waals surface area (Å²) in [5.74, 6) is -1.85. The number of carbonyl (C=O) groups excluding carboxylic acids is 3. The molecule has 2 amide bonds. The first-order chi connectivity index (χ1) is 10.5. The predicted octanol–water partition coefficient (Wildman–Crippen LogP) is -0.475. The summed E-state index contributed by atoms with van der Waals surface area (Å²) in [6.45, 7) is -0.125. The van der Waals surface area contributed by atoms with Gasteiger partial charge in [0.15, 0.2) is 0 Å². The van der Waals surface area contributed by atoms with Gasteiger partial charge in [0.25, 0.3) is 0 Å². The number of hydrogen-bond donors (Lipinski definition) is 2. The second kappa shape index (κ2) is 6.70. The quantitative estimate of drug-likeness (QED) is 0.686. The molecule has 0 aliphatic carbocycles. The molecule has 1 heterocycles. The summed E-state index contributed by atoms with van der Waals surface area (Å²) in [6, 6.07) is 8.14. The highest BCUT2D eigenvalue weighted by molar-refractivity contribution is 6.38. The van der Waals surface area contributed by atoms with Gasteiger partial charge in [-0.05, 0) is 12.1 Å². The number of esters is 1. The number of benzene rings is 1. The van der Waals surface area contributed by atoms with Crippen LogP contribution >= 0.6 is 0 Å². The molecule has 1 unspecified atom stereocenters. The Morgan fingerprint density at radius 1 is 1.23 bits per heavy atom. The number of nitrogens with two attached hydrogens (primary N) is 2. The maximum atomic E-state index is 11.9. The number of para-hydroxylation sites is 1. The largest absolute Gasteiger partial charge is 0.461 e. The van der Waals surface area contributed by atoms with Crippen molar-refractivity contribution in [2.24, 2.45) is 16.6 Å². The third kappa shape index (κ3) is 3.60. The van der Waals surface area contributed by atoms with Crippen molar-refractivity contribution in [1.82, 2.24) is 0 Å². The predicted molar refractivity (Wildman–Crippen MR) is 78.7 cm³/mol. The van der Waals surface area contributed by atoms with E-state index in [4.69, 9.17) is 16.2 Å². The van der Waals surface area contributed by atoms with E-state index in [2.05, 4.69) is 5.10 Å². The Labute approximate surface area is 126 Å². The van der Waals surface area contributed by atoms with E-state index in [9.17, 15) is 14.4 Å². The molecule has 0 spiro atoms. The van der Waals surface area contributed by atoms with E-state index < -0.39 is 23.8 Å². The summed E-state index contributed by atoms with van der Waals surface area (Å²) in [4.78, 5) is 34.1. The van der Waals surface area contributed by atoms with Crippen LogP contribution in [0, 0.1) is 0 Å². The summed E-state index contributed by atoms with van der Waals surface area (Å²) < 4.78 is 4.90. The van der Waals surface area contributed by atoms with Crippen LogP contribution in [0.4, 0.5) is 5.69 Å². The van der Waals surface area contributed by atoms with E-state index >= 15 is 0 Å². The minimum Gasteiger partial charge on any atom is -0.461 e. The first-order valence-corrected chi connectivity index (χ1v) is 6.65. The smallest absolute Gasteiger partial charge is 0.354 e. The molecule has 4 N–H and O–H groups in total. The first-order valence-electron chi connectivity index (χ1n) is 6.65. The number of hydrogen-bond acceptors (Lipinski definition) is 6. The molecule has 0 saturated carbocycles. The van der Waals surface area contributed by atoms with Crippen LogP contribution in [0.2, 0.25) is 0 Å². The molecule has 116 valence electrons. The lowest BCUT2D eigenvalue weighted by atomic mass is 10.1. The summed E-state index contributed by atoms with van der Waals surface area (Å²) in [6.07, 6.45) is -0.0136. The van der Waals surface area contributed by atoms with Crippen LogP contribution in [0.25, 0.3) is 0 Å². The number of rotatable bonds is 6. The van der Waals surface area contributed by atoms with Gasteiger partial charge in [0.1, 0.15) is 18.4 Å². The van der Waals surface area contributed by atoms with Gasteiger partial charge in [-0.2, -0.15) is 5.10 Å². The zero-order valence-electron chi connectivity index (χ0n) is 11.8. The van der Waals surface area contributed by atoms with E-state index in [1.54, 1.807) is 24.3 Å². The van der Waals surface area contributed by atoms with Crippen molar-refractivity contribution in [1.29, 1.82) is 0 Å². The number of amides is 2. The average molecular weight is 304 g/mol. The Morgan fingerprint density at radius 3 is 2.50 bits per heavy atom. The third-order valence-corrected chi connectivity index (χ3v) is 3.08. The minimum absolute atomic E-state index is 0.0552. The van der Waals surface area contributed by atoms with E-state index in [1.165, 1.54) is 5.01 Å². The van der Waals surface area contributed by atoms with Crippen LogP contribution < -0.4 is 16.5 Å². The first kappa shape index (κ1) is 15.5. The topological polar surface area (TPSA) is 128 Å². The van der Waals surface area contributed by atoms with Crippen LogP contribution in [-0.4, -0.2) is 36.1 Å². The van der Waals surface area contributed by atoms with Crippen LogP contribution in [-0.2, 0) is 19.1 Å². The molecule has 22 heavy (non-hydrogen) atoms. The Kier molecular flexibility index (Phi) is 4.72. The van der Waals surface area contributed by atoms with Gasteiger partial charge in [-0.25, -0.2) is 4.79 Å². The monoisotopic (exact) mass is 304 g/mol. The molecule has 0 saturated heterocycles. The molecule has 8 heteroatoms. The third-order valence-electron chi connectivity index (χ3n) is 3.08. The fourth-order valence-electron chi connectivity index (χ4n) is 2.00. The second-order valence-electron chi connectivity index (χ2n) is 4.70. The van der Waals surface area contributed by atoms with Crippen LogP contribution in [0.3, 0.4) is 0 Å². The van der Waals surface area contributed by atoms with Crippen molar-refractivity contribution in [3.63, 3.8) is 0 Å². The van der Waals surface area contributed by atoms with Gasteiger partial charge in [-0.3, -0.25) is 14.6 Å². The van der Waals surface area contributed by atoms with Crippen LogP contribution in [0.1, 0.15) is 12.8 Å². The van der Waals surface area contributed by atoms with Gasteiger partial charge in [0.05, 0.1) is 12.1 Å². The molecule has 1 aliphatic rings. The number of anilines is 1. The van der Waals surface area contributed by atoms with Crippen molar-refractivity contribution in [2.45, 2.75) is 18.9 Å². The lowest BCUT2D eigenvalue weighted by molar-refractivity contribution is -0.136. The fourth-order valence-corrected chi connectivity index (χ4v) is 2.00. The molecule has 8 nitrogen and oxygen atoms in total. The molecule has 1 aromatic carbocycles. The minimum atomic E-state index is -0.749. The number of nitrogens with zero attached hydrogens (tertiary/aromatic N) is 2. The fraction of sp³-hybridized carbons (Fsp3) is 0.286. The summed E-state index contributed by atoms with van der Waals surface area (Å²) >= 11 is 0. The Morgan fingerprint density at radius 2 is 1.91 bits per heavy atom. The normalized spacial score (nSPS) is 17.0. The van der Waals surface area contributed by atoms with Gasteiger partial charge in [-0.15, -0.1) is 0 Å². The second-order valence-corrected chi connectivity index (χ2v) is 4.70. The number of carbonyl (C=O) groups is 3. The van der Waals surface area contributed by atoms with Crippen molar-refractivity contribution in [2.75, 3.05) is 11.6 Å². The zero-order chi connectivity index (χ0) is 16.1. The van der Waals surface area contributed by atoms with E-state index in [-0.39, 0.29) is 25.2 Å².